The molecular weight excluding hydrogens is 392 g/mol. The Balaban J connectivity index is 1.60. The molecule has 0 saturated carbocycles. The van der Waals surface area contributed by atoms with Gasteiger partial charge in [-0.25, -0.2) is 4.68 Å². The summed E-state index contributed by atoms with van der Waals surface area (Å²) < 4.78 is 6.90. The highest BCUT2D eigenvalue weighted by Crippen LogP contribution is 2.39. The second-order valence-corrected chi connectivity index (χ2v) is 7.83. The Kier molecular flexibility index (Phi) is 5.50. The number of carbonyl (C=O) groups is 2. The van der Waals surface area contributed by atoms with Crippen LogP contribution in [0.25, 0.3) is 11.1 Å². The molecule has 160 valence electrons. The number of hydrogen-bond acceptors (Lipinski definition) is 4. The van der Waals surface area contributed by atoms with E-state index in [-0.39, 0.29) is 18.2 Å². The summed E-state index contributed by atoms with van der Waals surface area (Å²) in [4.78, 5) is 25.4. The van der Waals surface area contributed by atoms with E-state index < -0.39 is 6.04 Å². The van der Waals surface area contributed by atoms with E-state index in [1.165, 1.54) is 0 Å². The Morgan fingerprint density at radius 3 is 2.45 bits per heavy atom. The minimum Gasteiger partial charge on any atom is -0.497 e. The van der Waals surface area contributed by atoms with Gasteiger partial charge in [-0.15, -0.1) is 0 Å². The molecule has 1 aromatic heterocycles. The van der Waals surface area contributed by atoms with Crippen LogP contribution in [-0.4, -0.2) is 28.7 Å². The van der Waals surface area contributed by atoms with E-state index in [4.69, 9.17) is 4.74 Å². The Morgan fingerprint density at radius 2 is 1.84 bits per heavy atom. The summed E-state index contributed by atoms with van der Waals surface area (Å²) in [6.45, 7) is 5.99. The maximum Gasteiger partial charge on any atom is 0.251 e. The zero-order valence-electron chi connectivity index (χ0n) is 18.2. The first kappa shape index (κ1) is 20.7. The molecule has 1 unspecified atom stereocenters. The fraction of sp³-hybridized carbons (Fsp3) is 0.292. The van der Waals surface area contributed by atoms with Gasteiger partial charge in [-0.05, 0) is 61.2 Å². The van der Waals surface area contributed by atoms with Crippen LogP contribution in [-0.2, 0) is 16.0 Å². The number of fused-ring (bicyclic) bond motifs is 1. The zero-order valence-corrected chi connectivity index (χ0v) is 18.2. The van der Waals surface area contributed by atoms with Gasteiger partial charge < -0.3 is 15.4 Å². The second kappa shape index (κ2) is 8.26. The molecule has 2 aromatic carbocycles. The topological polar surface area (TPSA) is 85.2 Å². The Morgan fingerprint density at radius 1 is 1.16 bits per heavy atom. The second-order valence-electron chi connectivity index (χ2n) is 7.83. The molecule has 31 heavy (non-hydrogen) atoms. The first-order valence-corrected chi connectivity index (χ1v) is 10.3. The van der Waals surface area contributed by atoms with Gasteiger partial charge in [0.15, 0.2) is 0 Å². The Bertz CT molecular complexity index is 1130. The highest BCUT2D eigenvalue weighted by atomic mass is 16.5. The maximum absolute atomic E-state index is 12.7. The highest BCUT2D eigenvalue weighted by Gasteiger charge is 2.36. The largest absolute Gasteiger partial charge is 0.497 e. The molecule has 2 N–H and O–H groups in total. The number of amides is 2. The predicted molar refractivity (Wildman–Crippen MR) is 120 cm³/mol. The van der Waals surface area contributed by atoms with Crippen LogP contribution < -0.4 is 15.4 Å². The first-order valence-electron chi connectivity index (χ1n) is 10.3. The number of carbonyl (C=O) groups excluding carboxylic acids is 2. The number of ether oxygens (including phenoxy) is 1. The molecule has 0 bridgehead atoms. The Hall–Kier alpha value is -3.61. The lowest BCUT2D eigenvalue weighted by Gasteiger charge is -2.11. The van der Waals surface area contributed by atoms with Crippen molar-refractivity contribution in [2.45, 2.75) is 39.7 Å². The van der Waals surface area contributed by atoms with Crippen molar-refractivity contribution in [1.82, 2.24) is 9.78 Å². The molecule has 7 heteroatoms. The fourth-order valence-corrected chi connectivity index (χ4v) is 4.06. The van der Waals surface area contributed by atoms with E-state index in [9.17, 15) is 9.59 Å². The number of benzene rings is 2. The number of hydrogen-bond donors (Lipinski definition) is 2. The highest BCUT2D eigenvalue weighted by molar-refractivity contribution is 6.04. The monoisotopic (exact) mass is 418 g/mol. The van der Waals surface area contributed by atoms with Crippen LogP contribution in [0.1, 0.15) is 36.2 Å². The van der Waals surface area contributed by atoms with E-state index >= 15 is 0 Å². The van der Waals surface area contributed by atoms with Crippen molar-refractivity contribution in [3.8, 4) is 16.9 Å². The molecule has 3 aromatic rings. The van der Waals surface area contributed by atoms with Gasteiger partial charge in [0.2, 0.25) is 5.91 Å². The van der Waals surface area contributed by atoms with Crippen molar-refractivity contribution in [1.29, 1.82) is 0 Å². The van der Waals surface area contributed by atoms with Crippen LogP contribution in [0.4, 0.5) is 11.5 Å². The molecule has 4 rings (SSSR count). The quantitative estimate of drug-likeness (QED) is 0.626. The van der Waals surface area contributed by atoms with Crippen LogP contribution in [0.15, 0.2) is 42.5 Å². The third kappa shape index (κ3) is 4.03. The van der Waals surface area contributed by atoms with Gasteiger partial charge in [0, 0.05) is 11.3 Å². The van der Waals surface area contributed by atoms with Gasteiger partial charge >= 0.3 is 0 Å². The maximum atomic E-state index is 12.7. The van der Waals surface area contributed by atoms with E-state index in [1.807, 2.05) is 63.2 Å². The lowest BCUT2D eigenvalue weighted by Crippen LogP contribution is -2.24. The van der Waals surface area contributed by atoms with Gasteiger partial charge in [-0.3, -0.25) is 9.59 Å². The van der Waals surface area contributed by atoms with Crippen molar-refractivity contribution < 1.29 is 14.3 Å². The first-order chi connectivity index (χ1) is 14.9. The molecular formula is C24H26N4O3. The number of nitrogens with zero attached hydrogens (tertiary/aromatic N) is 2. The van der Waals surface area contributed by atoms with E-state index in [2.05, 4.69) is 15.7 Å². The fourth-order valence-electron chi connectivity index (χ4n) is 4.06. The van der Waals surface area contributed by atoms with Gasteiger partial charge in [0.05, 0.1) is 19.2 Å². The molecule has 0 radical (unpaired) electrons. The number of aromatic nitrogens is 2. The predicted octanol–water partition coefficient (Wildman–Crippen LogP) is 4.26. The summed E-state index contributed by atoms with van der Waals surface area (Å²) in [6, 6.07) is 12.8. The molecule has 1 aliphatic heterocycles. The van der Waals surface area contributed by atoms with Crippen molar-refractivity contribution in [2.75, 3.05) is 17.7 Å². The molecule has 0 aliphatic carbocycles. The molecule has 1 aliphatic rings. The van der Waals surface area contributed by atoms with Crippen LogP contribution in [0, 0.1) is 13.8 Å². The Labute approximate surface area is 181 Å². The summed E-state index contributed by atoms with van der Waals surface area (Å²) in [6.07, 6.45) is 0.720. The van der Waals surface area contributed by atoms with Crippen molar-refractivity contribution >= 4 is 23.3 Å². The summed E-state index contributed by atoms with van der Waals surface area (Å²) in [7, 11) is 1.62. The minimum atomic E-state index is -0.682. The standard InChI is InChI=1S/C24H26N4O3/c1-5-19-22(16-6-8-18(31-4)9-7-16)23-26-24(30)20(28(23)27-19)13-21(29)25-17-11-14(2)10-15(3)12-17/h6-12,20H,5,13H2,1-4H3,(H,25,29)(H,26,30). The zero-order chi connectivity index (χ0) is 22.1. The van der Waals surface area contributed by atoms with Gasteiger partial charge in [0.25, 0.3) is 5.91 Å². The molecule has 1 atom stereocenters. The SMILES string of the molecule is CCc1nn2c(c1-c1ccc(OC)cc1)NC(=O)C2CC(=O)Nc1cc(C)cc(C)c1. The molecule has 7 nitrogen and oxygen atoms in total. The third-order valence-corrected chi connectivity index (χ3v) is 5.42. The third-order valence-electron chi connectivity index (χ3n) is 5.42. The molecule has 0 saturated heterocycles. The van der Waals surface area contributed by atoms with Crippen LogP contribution in [0.2, 0.25) is 0 Å². The van der Waals surface area contributed by atoms with Gasteiger partial charge in [-0.2, -0.15) is 5.10 Å². The molecule has 2 heterocycles. The molecule has 2 amide bonds. The summed E-state index contributed by atoms with van der Waals surface area (Å²) in [5.74, 6) is 0.944. The summed E-state index contributed by atoms with van der Waals surface area (Å²) in [5, 5.41) is 10.5. The number of anilines is 2. The normalized spacial score (nSPS) is 14.8. The van der Waals surface area contributed by atoms with Gasteiger partial charge in [0.1, 0.15) is 17.6 Å². The van der Waals surface area contributed by atoms with Gasteiger partial charge in [-0.1, -0.05) is 25.1 Å². The summed E-state index contributed by atoms with van der Waals surface area (Å²) >= 11 is 0. The van der Waals surface area contributed by atoms with Crippen molar-refractivity contribution in [3.05, 3.63) is 59.3 Å². The number of rotatable bonds is 6. The lowest BCUT2D eigenvalue weighted by molar-refractivity contribution is -0.123. The number of methoxy groups -OCH3 is 1. The smallest absolute Gasteiger partial charge is 0.251 e. The van der Waals surface area contributed by atoms with Crippen molar-refractivity contribution in [2.24, 2.45) is 0 Å². The van der Waals surface area contributed by atoms with Crippen molar-refractivity contribution in [3.63, 3.8) is 0 Å². The van der Waals surface area contributed by atoms with Crippen LogP contribution in [0.5, 0.6) is 5.75 Å². The lowest BCUT2D eigenvalue weighted by atomic mass is 10.0. The molecule has 0 spiro atoms. The van der Waals surface area contributed by atoms with Crippen LogP contribution >= 0.6 is 0 Å². The van der Waals surface area contributed by atoms with Crippen LogP contribution in [0.3, 0.4) is 0 Å². The number of aryl methyl sites for hydroxylation is 3. The minimum absolute atomic E-state index is 0.0126. The van der Waals surface area contributed by atoms with E-state index in [0.29, 0.717) is 12.2 Å². The summed E-state index contributed by atoms with van der Waals surface area (Å²) in [5.41, 5.74) is 5.57. The average Bonchev–Trinajstić information content (AvgIpc) is 3.22. The van der Waals surface area contributed by atoms with E-state index in [1.54, 1.807) is 11.8 Å². The molecule has 0 fully saturated rings. The number of nitrogens with one attached hydrogen (secondary N) is 2. The van der Waals surface area contributed by atoms with E-state index in [0.717, 1.165) is 39.4 Å². The average molecular weight is 418 g/mol.